The number of hydrogen-bond acceptors (Lipinski definition) is 4. The molecule has 0 amide bonds. The van der Waals surface area contributed by atoms with Crippen LogP contribution >= 0.6 is 11.3 Å². The van der Waals surface area contributed by atoms with Crippen LogP contribution in [-0.4, -0.2) is 25.2 Å². The minimum atomic E-state index is -0.0127. The molecule has 0 saturated carbocycles. The number of aromatic nitrogens is 1. The molecule has 1 N–H and O–H groups in total. The van der Waals surface area contributed by atoms with Crippen molar-refractivity contribution in [3.63, 3.8) is 0 Å². The number of hydrogen-bond donors (Lipinski definition) is 1. The van der Waals surface area contributed by atoms with E-state index in [2.05, 4.69) is 24.1 Å². The van der Waals surface area contributed by atoms with Gasteiger partial charge in [0, 0.05) is 25.3 Å². The first kappa shape index (κ1) is 12.6. The second-order valence-electron chi connectivity index (χ2n) is 4.09. The van der Waals surface area contributed by atoms with E-state index in [1.165, 1.54) is 0 Å². The Morgan fingerprint density at radius 3 is 2.87 bits per heavy atom. The van der Waals surface area contributed by atoms with E-state index in [0.29, 0.717) is 0 Å². The summed E-state index contributed by atoms with van der Waals surface area (Å²) in [7, 11) is 1.74. The highest BCUT2D eigenvalue weighted by atomic mass is 32.1. The van der Waals surface area contributed by atoms with E-state index in [-0.39, 0.29) is 5.54 Å². The Kier molecular flexibility index (Phi) is 5.22. The maximum Gasteiger partial charge on any atom is 0.112 e. The minimum absolute atomic E-state index is 0.0127. The minimum Gasteiger partial charge on any atom is -0.385 e. The molecule has 0 unspecified atom stereocenters. The highest BCUT2D eigenvalue weighted by Crippen LogP contribution is 2.21. The highest BCUT2D eigenvalue weighted by Gasteiger charge is 2.21. The van der Waals surface area contributed by atoms with Gasteiger partial charge in [0.15, 0.2) is 0 Å². The summed E-state index contributed by atoms with van der Waals surface area (Å²) >= 11 is 1.70. The molecule has 3 nitrogen and oxygen atoms in total. The van der Waals surface area contributed by atoms with Gasteiger partial charge in [0.1, 0.15) is 5.01 Å². The van der Waals surface area contributed by atoms with Crippen molar-refractivity contribution in [2.45, 2.75) is 32.2 Å². The van der Waals surface area contributed by atoms with Crippen LogP contribution in [0.1, 0.15) is 31.7 Å². The average molecular weight is 228 g/mol. The molecule has 0 bridgehead atoms. The second kappa shape index (κ2) is 6.20. The predicted molar refractivity (Wildman–Crippen MR) is 64.3 cm³/mol. The van der Waals surface area contributed by atoms with Crippen molar-refractivity contribution in [1.82, 2.24) is 10.3 Å². The third-order valence-corrected chi connectivity index (χ3v) is 3.41. The lowest BCUT2D eigenvalue weighted by atomic mass is 10.1. The summed E-state index contributed by atoms with van der Waals surface area (Å²) in [6.07, 6.45) is 4.11. The monoisotopic (exact) mass is 228 g/mol. The Morgan fingerprint density at radius 1 is 1.47 bits per heavy atom. The van der Waals surface area contributed by atoms with Crippen molar-refractivity contribution in [1.29, 1.82) is 0 Å². The van der Waals surface area contributed by atoms with Gasteiger partial charge in [0.05, 0.1) is 5.54 Å². The molecule has 0 atom stereocenters. The summed E-state index contributed by atoms with van der Waals surface area (Å²) in [5.41, 5.74) is -0.0127. The van der Waals surface area contributed by atoms with Crippen LogP contribution < -0.4 is 5.32 Å². The van der Waals surface area contributed by atoms with Crippen LogP contribution in [0.25, 0.3) is 0 Å². The van der Waals surface area contributed by atoms with Gasteiger partial charge in [0.2, 0.25) is 0 Å². The zero-order valence-electron chi connectivity index (χ0n) is 9.75. The van der Waals surface area contributed by atoms with Crippen LogP contribution in [0.15, 0.2) is 11.6 Å². The molecule has 1 aromatic rings. The normalized spacial score (nSPS) is 11.9. The molecule has 0 fully saturated rings. The smallest absolute Gasteiger partial charge is 0.112 e. The number of unbranched alkanes of at least 4 members (excludes halogenated alkanes) is 1. The van der Waals surface area contributed by atoms with Gasteiger partial charge < -0.3 is 10.1 Å². The van der Waals surface area contributed by atoms with Crippen molar-refractivity contribution >= 4 is 11.3 Å². The lowest BCUT2D eigenvalue weighted by Crippen LogP contribution is -2.37. The summed E-state index contributed by atoms with van der Waals surface area (Å²) in [5.74, 6) is 0. The molecule has 0 saturated heterocycles. The third kappa shape index (κ3) is 4.28. The molecule has 0 aliphatic carbocycles. The summed E-state index contributed by atoms with van der Waals surface area (Å²) < 4.78 is 5.01. The summed E-state index contributed by atoms with van der Waals surface area (Å²) in [5, 5.41) is 6.68. The zero-order valence-corrected chi connectivity index (χ0v) is 10.6. The molecular weight excluding hydrogens is 208 g/mol. The molecule has 15 heavy (non-hydrogen) atoms. The summed E-state index contributed by atoms with van der Waals surface area (Å²) in [4.78, 5) is 4.33. The van der Waals surface area contributed by atoms with Gasteiger partial charge in [-0.25, -0.2) is 4.98 Å². The standard InChI is InChI=1S/C11H20N2OS/c1-11(2,10-12-7-9-15-10)13-6-4-5-8-14-3/h7,9,13H,4-6,8H2,1-3H3. The second-order valence-corrected chi connectivity index (χ2v) is 4.98. The van der Waals surface area contributed by atoms with Crippen LogP contribution in [0.5, 0.6) is 0 Å². The van der Waals surface area contributed by atoms with Crippen molar-refractivity contribution in [2.75, 3.05) is 20.3 Å². The number of methoxy groups -OCH3 is 1. The number of nitrogens with zero attached hydrogens (tertiary/aromatic N) is 1. The van der Waals surface area contributed by atoms with Gasteiger partial charge >= 0.3 is 0 Å². The fourth-order valence-electron chi connectivity index (χ4n) is 1.38. The number of rotatable bonds is 7. The molecule has 0 aliphatic rings. The van der Waals surface area contributed by atoms with Gasteiger partial charge in [-0.1, -0.05) is 0 Å². The van der Waals surface area contributed by atoms with Crippen molar-refractivity contribution in [2.24, 2.45) is 0 Å². The van der Waals surface area contributed by atoms with Gasteiger partial charge in [-0.2, -0.15) is 0 Å². The highest BCUT2D eigenvalue weighted by molar-refractivity contribution is 7.09. The van der Waals surface area contributed by atoms with Crippen molar-refractivity contribution in [3.8, 4) is 0 Å². The van der Waals surface area contributed by atoms with Crippen LogP contribution in [0.2, 0.25) is 0 Å². The number of ether oxygens (including phenoxy) is 1. The largest absolute Gasteiger partial charge is 0.385 e. The summed E-state index contributed by atoms with van der Waals surface area (Å²) in [6.45, 7) is 6.19. The number of thiazole rings is 1. The Balaban J connectivity index is 2.25. The molecule has 1 rings (SSSR count). The first-order valence-electron chi connectivity index (χ1n) is 5.31. The lowest BCUT2D eigenvalue weighted by Gasteiger charge is -2.23. The molecular formula is C11H20N2OS. The van der Waals surface area contributed by atoms with Crippen LogP contribution in [-0.2, 0) is 10.3 Å². The van der Waals surface area contributed by atoms with E-state index >= 15 is 0 Å². The van der Waals surface area contributed by atoms with Crippen molar-refractivity contribution < 1.29 is 4.74 Å². The van der Waals surface area contributed by atoms with Crippen LogP contribution in [0.4, 0.5) is 0 Å². The first-order valence-corrected chi connectivity index (χ1v) is 6.19. The van der Waals surface area contributed by atoms with E-state index in [9.17, 15) is 0 Å². The molecule has 86 valence electrons. The molecule has 4 heteroatoms. The lowest BCUT2D eigenvalue weighted by molar-refractivity contribution is 0.191. The fourth-order valence-corrected chi connectivity index (χ4v) is 2.12. The van der Waals surface area contributed by atoms with E-state index < -0.39 is 0 Å². The summed E-state index contributed by atoms with van der Waals surface area (Å²) in [6, 6.07) is 0. The molecule has 0 spiro atoms. The number of nitrogens with one attached hydrogen (secondary N) is 1. The zero-order chi connectivity index (χ0) is 11.1. The topological polar surface area (TPSA) is 34.1 Å². The van der Waals surface area contributed by atoms with E-state index in [1.54, 1.807) is 18.4 Å². The van der Waals surface area contributed by atoms with E-state index in [0.717, 1.165) is 31.0 Å². The first-order chi connectivity index (χ1) is 7.17. The Hall–Kier alpha value is -0.450. The quantitative estimate of drug-likeness (QED) is 0.728. The molecule has 1 heterocycles. The maximum atomic E-state index is 5.01. The predicted octanol–water partition coefficient (Wildman–Crippen LogP) is 2.39. The Morgan fingerprint density at radius 2 is 2.27 bits per heavy atom. The maximum absolute atomic E-state index is 5.01. The molecule has 0 aliphatic heterocycles. The van der Waals surface area contributed by atoms with Gasteiger partial charge in [0.25, 0.3) is 0 Å². The van der Waals surface area contributed by atoms with Gasteiger partial charge in [-0.15, -0.1) is 11.3 Å². The van der Waals surface area contributed by atoms with Crippen LogP contribution in [0.3, 0.4) is 0 Å². The fraction of sp³-hybridized carbons (Fsp3) is 0.727. The van der Waals surface area contributed by atoms with Crippen LogP contribution in [0, 0.1) is 0 Å². The van der Waals surface area contributed by atoms with Gasteiger partial charge in [-0.05, 0) is 33.2 Å². The Bertz CT molecular complexity index is 260. The SMILES string of the molecule is COCCCCNC(C)(C)c1nccs1. The Labute approximate surface area is 95.9 Å². The van der Waals surface area contributed by atoms with Crippen molar-refractivity contribution in [3.05, 3.63) is 16.6 Å². The van der Waals surface area contributed by atoms with Gasteiger partial charge in [-0.3, -0.25) is 0 Å². The third-order valence-electron chi connectivity index (χ3n) is 2.31. The van der Waals surface area contributed by atoms with E-state index in [4.69, 9.17) is 4.74 Å². The molecule has 0 aromatic carbocycles. The molecule has 1 aromatic heterocycles. The average Bonchev–Trinajstić information content (AvgIpc) is 2.70. The van der Waals surface area contributed by atoms with E-state index in [1.807, 2.05) is 11.6 Å². The molecule has 0 radical (unpaired) electrons.